The monoisotopic (exact) mass is 278 g/mol. The van der Waals surface area contributed by atoms with Crippen molar-refractivity contribution < 1.29 is 18.3 Å². The third kappa shape index (κ3) is 2.69. The average molecular weight is 279 g/mol. The van der Waals surface area contributed by atoms with Crippen molar-refractivity contribution in [1.82, 2.24) is 0 Å². The topological polar surface area (TPSA) is 20.2 Å². The molecule has 84 valence electrons. The van der Waals surface area contributed by atoms with Crippen LogP contribution in [-0.2, 0) is 0 Å². The van der Waals surface area contributed by atoms with Crippen LogP contribution < -0.4 is 0 Å². The summed E-state index contributed by atoms with van der Waals surface area (Å²) < 4.78 is 36.6. The summed E-state index contributed by atoms with van der Waals surface area (Å²) in [7, 11) is 0. The van der Waals surface area contributed by atoms with Crippen LogP contribution >= 0.6 is 34.8 Å². The molecule has 1 unspecified atom stereocenters. The van der Waals surface area contributed by atoms with Gasteiger partial charge in [-0.2, -0.15) is 13.2 Å². The largest absolute Gasteiger partial charge is 0.418 e. The van der Waals surface area contributed by atoms with Crippen LogP contribution in [-0.4, -0.2) is 11.3 Å². The van der Waals surface area contributed by atoms with Gasteiger partial charge in [-0.15, -0.1) is 0 Å². The van der Waals surface area contributed by atoms with Crippen LogP contribution in [0.1, 0.15) is 11.7 Å². The first-order chi connectivity index (χ1) is 6.75. The normalized spacial score (nSPS) is 14.1. The molecule has 0 fully saturated rings. The first-order valence-corrected chi connectivity index (χ1v) is 4.76. The van der Waals surface area contributed by atoms with Crippen LogP contribution in [0.4, 0.5) is 13.2 Å². The zero-order valence-corrected chi connectivity index (χ0v) is 9.21. The van der Waals surface area contributed by atoms with Crippen LogP contribution in [0.15, 0.2) is 12.1 Å². The minimum absolute atomic E-state index is 0.0978. The highest BCUT2D eigenvalue weighted by molar-refractivity contribution is 6.44. The van der Waals surface area contributed by atoms with Gasteiger partial charge in [-0.05, 0) is 12.1 Å². The molecule has 0 aromatic heterocycles. The first-order valence-electron chi connectivity index (χ1n) is 3.63. The van der Waals surface area contributed by atoms with Gasteiger partial charge in [0.15, 0.2) is 6.10 Å². The number of benzene rings is 1. The van der Waals surface area contributed by atoms with Gasteiger partial charge in [-0.3, -0.25) is 0 Å². The van der Waals surface area contributed by atoms with Crippen molar-refractivity contribution in [2.75, 3.05) is 0 Å². The van der Waals surface area contributed by atoms with Crippen molar-refractivity contribution in [3.63, 3.8) is 0 Å². The zero-order valence-electron chi connectivity index (χ0n) is 6.95. The van der Waals surface area contributed by atoms with Crippen molar-refractivity contribution in [3.8, 4) is 0 Å². The maximum atomic E-state index is 12.2. The second-order valence-electron chi connectivity index (χ2n) is 2.70. The number of rotatable bonds is 1. The van der Waals surface area contributed by atoms with Crippen molar-refractivity contribution >= 4 is 34.8 Å². The molecule has 1 nitrogen and oxygen atoms in total. The molecule has 15 heavy (non-hydrogen) atoms. The summed E-state index contributed by atoms with van der Waals surface area (Å²) in [6.07, 6.45) is -7.57. The second-order valence-corrected chi connectivity index (χ2v) is 3.89. The lowest BCUT2D eigenvalue weighted by atomic mass is 10.1. The van der Waals surface area contributed by atoms with Gasteiger partial charge in [0.05, 0.1) is 10.0 Å². The zero-order chi connectivity index (χ0) is 11.8. The molecule has 1 atom stereocenters. The van der Waals surface area contributed by atoms with E-state index >= 15 is 0 Å². The summed E-state index contributed by atoms with van der Waals surface area (Å²) in [5, 5.41) is 8.22. The van der Waals surface area contributed by atoms with Crippen LogP contribution in [0.5, 0.6) is 0 Å². The Morgan fingerprint density at radius 3 is 2.00 bits per heavy atom. The molecular weight excluding hydrogens is 275 g/mol. The van der Waals surface area contributed by atoms with Gasteiger partial charge in [0, 0.05) is 10.6 Å². The van der Waals surface area contributed by atoms with Crippen LogP contribution in [0.2, 0.25) is 15.1 Å². The van der Waals surface area contributed by atoms with Crippen LogP contribution in [0.25, 0.3) is 0 Å². The summed E-state index contributed by atoms with van der Waals surface area (Å²) >= 11 is 16.5. The highest BCUT2D eigenvalue weighted by Crippen LogP contribution is 2.42. The number of hydrogen-bond acceptors (Lipinski definition) is 1. The fourth-order valence-electron chi connectivity index (χ4n) is 0.957. The highest BCUT2D eigenvalue weighted by atomic mass is 35.5. The Balaban J connectivity index is 3.31. The number of halogens is 6. The molecule has 0 aliphatic rings. The Labute approximate surface area is 98.4 Å². The predicted octanol–water partition coefficient (Wildman–Crippen LogP) is 4.24. The Morgan fingerprint density at radius 2 is 1.53 bits per heavy atom. The summed E-state index contributed by atoms with van der Waals surface area (Å²) in [6, 6.07) is 2.39. The smallest absolute Gasteiger partial charge is 0.379 e. The van der Waals surface area contributed by atoms with Gasteiger partial charge in [0.25, 0.3) is 0 Å². The average Bonchev–Trinajstić information content (AvgIpc) is 2.10. The molecule has 0 bridgehead atoms. The SMILES string of the molecule is OC(c1c(Cl)ccc(Cl)c1Cl)C(F)(F)F. The molecule has 0 heterocycles. The molecule has 0 spiro atoms. The van der Waals surface area contributed by atoms with Crippen LogP contribution in [0.3, 0.4) is 0 Å². The van der Waals surface area contributed by atoms with Gasteiger partial charge in [-0.1, -0.05) is 34.8 Å². The fourth-order valence-corrected chi connectivity index (χ4v) is 1.70. The van der Waals surface area contributed by atoms with E-state index in [4.69, 9.17) is 39.9 Å². The summed E-state index contributed by atoms with van der Waals surface area (Å²) in [4.78, 5) is 0. The molecule has 7 heteroatoms. The van der Waals surface area contributed by atoms with Gasteiger partial charge in [-0.25, -0.2) is 0 Å². The Hall–Kier alpha value is -0.160. The molecule has 1 N–H and O–H groups in total. The molecule has 0 saturated heterocycles. The first kappa shape index (κ1) is 12.9. The van der Waals surface area contributed by atoms with Crippen molar-refractivity contribution in [3.05, 3.63) is 32.8 Å². The van der Waals surface area contributed by atoms with E-state index in [0.29, 0.717) is 0 Å². The lowest BCUT2D eigenvalue weighted by Crippen LogP contribution is -2.21. The van der Waals surface area contributed by atoms with E-state index in [1.807, 2.05) is 0 Å². The summed E-state index contributed by atoms with van der Waals surface area (Å²) in [5.74, 6) is 0. The van der Waals surface area contributed by atoms with Crippen molar-refractivity contribution in [2.45, 2.75) is 12.3 Å². The third-order valence-corrected chi connectivity index (χ3v) is 2.81. The number of alkyl halides is 3. The van der Waals surface area contributed by atoms with Gasteiger partial charge < -0.3 is 5.11 Å². The minimum Gasteiger partial charge on any atom is -0.379 e. The number of aliphatic hydroxyl groups excluding tert-OH is 1. The van der Waals surface area contributed by atoms with E-state index in [-0.39, 0.29) is 10.0 Å². The molecule has 0 amide bonds. The third-order valence-electron chi connectivity index (χ3n) is 1.66. The molecule has 1 aromatic carbocycles. The van der Waals surface area contributed by atoms with E-state index in [1.54, 1.807) is 0 Å². The molecule has 0 radical (unpaired) electrons. The lowest BCUT2D eigenvalue weighted by Gasteiger charge is -2.17. The van der Waals surface area contributed by atoms with E-state index in [1.165, 1.54) is 6.07 Å². The quantitative estimate of drug-likeness (QED) is 0.762. The predicted molar refractivity (Wildman–Crippen MR) is 52.5 cm³/mol. The molecule has 1 aromatic rings. The molecule has 0 aliphatic carbocycles. The number of hydrogen-bond donors (Lipinski definition) is 1. The molecular formula is C8H4Cl3F3O. The van der Waals surface area contributed by atoms with Gasteiger partial charge in [0.2, 0.25) is 0 Å². The maximum absolute atomic E-state index is 12.2. The fraction of sp³-hybridized carbons (Fsp3) is 0.250. The van der Waals surface area contributed by atoms with Crippen molar-refractivity contribution in [1.29, 1.82) is 0 Å². The maximum Gasteiger partial charge on any atom is 0.418 e. The minimum atomic E-state index is -4.84. The second kappa shape index (κ2) is 4.37. The standard InChI is InChI=1S/C8H4Cl3F3O/c9-3-1-2-4(10)6(11)5(3)7(15)8(12,13)14/h1-2,7,15H. The highest BCUT2D eigenvalue weighted by Gasteiger charge is 2.41. The number of aliphatic hydroxyl groups is 1. The molecule has 0 saturated carbocycles. The lowest BCUT2D eigenvalue weighted by molar-refractivity contribution is -0.206. The Bertz CT molecular complexity index is 378. The molecule has 1 rings (SSSR count). The molecule has 0 aliphatic heterocycles. The van der Waals surface area contributed by atoms with E-state index in [0.717, 1.165) is 6.07 Å². The van der Waals surface area contributed by atoms with E-state index in [9.17, 15) is 13.2 Å². The summed E-state index contributed by atoms with van der Waals surface area (Å²) in [5.41, 5.74) is -0.627. The Kier molecular flexibility index (Phi) is 3.76. The van der Waals surface area contributed by atoms with Gasteiger partial charge in [0.1, 0.15) is 0 Å². The van der Waals surface area contributed by atoms with E-state index < -0.39 is 22.9 Å². The Morgan fingerprint density at radius 1 is 1.07 bits per heavy atom. The van der Waals surface area contributed by atoms with Gasteiger partial charge >= 0.3 is 6.18 Å². The van der Waals surface area contributed by atoms with Crippen molar-refractivity contribution in [2.24, 2.45) is 0 Å². The van der Waals surface area contributed by atoms with E-state index in [2.05, 4.69) is 0 Å². The van der Waals surface area contributed by atoms with Crippen LogP contribution in [0, 0.1) is 0 Å². The summed E-state index contributed by atoms with van der Waals surface area (Å²) in [6.45, 7) is 0.